The summed E-state index contributed by atoms with van der Waals surface area (Å²) in [5.41, 5.74) is -0.576. The van der Waals surface area contributed by atoms with Crippen LogP contribution in [-0.4, -0.2) is 47.2 Å². The van der Waals surface area contributed by atoms with Crippen LogP contribution in [-0.2, 0) is 4.79 Å². The van der Waals surface area contributed by atoms with E-state index < -0.39 is 11.4 Å². The second-order valence-corrected chi connectivity index (χ2v) is 5.54. The van der Waals surface area contributed by atoms with Crippen LogP contribution in [0, 0.1) is 5.41 Å². The van der Waals surface area contributed by atoms with Gasteiger partial charge in [0, 0.05) is 19.2 Å². The number of aromatic hydroxyl groups is 1. The minimum absolute atomic E-state index is 0.133. The molecule has 6 nitrogen and oxygen atoms in total. The third kappa shape index (κ3) is 2.94. The molecule has 1 saturated heterocycles. The largest absolute Gasteiger partial charge is 0.507 e. The molecule has 0 aliphatic carbocycles. The van der Waals surface area contributed by atoms with Gasteiger partial charge in [0.2, 0.25) is 0 Å². The van der Waals surface area contributed by atoms with Crippen LogP contribution < -0.4 is 4.74 Å². The second-order valence-electron chi connectivity index (χ2n) is 5.54. The molecule has 0 spiro atoms. The Hall–Kier alpha value is -2.24. The van der Waals surface area contributed by atoms with Crippen molar-refractivity contribution in [1.29, 1.82) is 0 Å². The number of aliphatic carboxylic acids is 1. The van der Waals surface area contributed by atoms with Gasteiger partial charge in [-0.1, -0.05) is 0 Å². The molecule has 0 radical (unpaired) electrons. The van der Waals surface area contributed by atoms with Gasteiger partial charge in [-0.25, -0.2) is 0 Å². The Morgan fingerprint density at radius 3 is 2.38 bits per heavy atom. The fraction of sp³-hybridized carbons (Fsp3) is 0.467. The maximum Gasteiger partial charge on any atom is 0.309 e. The first-order chi connectivity index (χ1) is 9.87. The number of piperidine rings is 1. The Labute approximate surface area is 122 Å². The first-order valence-electron chi connectivity index (χ1n) is 6.77. The van der Waals surface area contributed by atoms with E-state index in [4.69, 9.17) is 4.74 Å². The summed E-state index contributed by atoms with van der Waals surface area (Å²) in [7, 11) is 1.48. The van der Waals surface area contributed by atoms with Crippen LogP contribution in [0.3, 0.4) is 0 Å². The Kier molecular flexibility index (Phi) is 4.06. The molecule has 114 valence electrons. The smallest absolute Gasteiger partial charge is 0.309 e. The molecule has 1 aromatic carbocycles. The van der Waals surface area contributed by atoms with Crippen molar-refractivity contribution in [2.45, 2.75) is 19.8 Å². The summed E-state index contributed by atoms with van der Waals surface area (Å²) in [6, 6.07) is 4.51. The maximum atomic E-state index is 12.4. The van der Waals surface area contributed by atoms with Crippen molar-refractivity contribution < 1.29 is 24.5 Å². The lowest BCUT2D eigenvalue weighted by Crippen LogP contribution is -2.45. The van der Waals surface area contributed by atoms with Crippen molar-refractivity contribution in [2.75, 3.05) is 20.2 Å². The van der Waals surface area contributed by atoms with Crippen LogP contribution in [0.4, 0.5) is 0 Å². The molecular formula is C15H19NO5. The van der Waals surface area contributed by atoms with Crippen LogP contribution in [0.2, 0.25) is 0 Å². The Balaban J connectivity index is 2.10. The SMILES string of the molecule is COc1ccc(C(=O)N2CCC(C)(C(=O)O)CC2)c(O)c1. The molecule has 0 atom stereocenters. The standard InChI is InChI=1S/C15H19NO5/c1-15(14(19)20)5-7-16(8-6-15)13(18)11-4-3-10(21-2)9-12(11)17/h3-4,9,17H,5-8H2,1-2H3,(H,19,20). The van der Waals surface area contributed by atoms with Gasteiger partial charge in [0.1, 0.15) is 11.5 Å². The summed E-state index contributed by atoms with van der Waals surface area (Å²) in [4.78, 5) is 25.1. The average Bonchev–Trinajstić information content (AvgIpc) is 2.47. The number of phenolic OH excluding ortho intramolecular Hbond substituents is 1. The van der Waals surface area contributed by atoms with E-state index in [9.17, 15) is 19.8 Å². The summed E-state index contributed by atoms with van der Waals surface area (Å²) < 4.78 is 4.98. The highest BCUT2D eigenvalue weighted by Gasteiger charge is 2.38. The number of phenols is 1. The van der Waals surface area contributed by atoms with E-state index in [-0.39, 0.29) is 17.2 Å². The van der Waals surface area contributed by atoms with Crippen molar-refractivity contribution in [2.24, 2.45) is 5.41 Å². The Morgan fingerprint density at radius 1 is 1.29 bits per heavy atom. The van der Waals surface area contributed by atoms with Crippen molar-refractivity contribution in [1.82, 2.24) is 4.90 Å². The number of carboxylic acid groups (broad SMARTS) is 1. The molecule has 0 aromatic heterocycles. The van der Waals surface area contributed by atoms with E-state index in [1.54, 1.807) is 17.9 Å². The number of carbonyl (C=O) groups excluding carboxylic acids is 1. The summed E-state index contributed by atoms with van der Waals surface area (Å²) >= 11 is 0. The number of methoxy groups -OCH3 is 1. The van der Waals surface area contributed by atoms with Crippen LogP contribution >= 0.6 is 0 Å². The Morgan fingerprint density at radius 2 is 1.90 bits per heavy atom. The zero-order valence-electron chi connectivity index (χ0n) is 12.1. The number of hydrogen-bond acceptors (Lipinski definition) is 4. The number of carbonyl (C=O) groups is 2. The third-order valence-corrected chi connectivity index (χ3v) is 4.11. The van der Waals surface area contributed by atoms with Crippen LogP contribution in [0.1, 0.15) is 30.1 Å². The molecule has 1 aliphatic heterocycles. The third-order valence-electron chi connectivity index (χ3n) is 4.11. The zero-order chi connectivity index (χ0) is 15.6. The molecule has 1 fully saturated rings. The first-order valence-corrected chi connectivity index (χ1v) is 6.77. The number of amides is 1. The Bertz CT molecular complexity index is 561. The second kappa shape index (κ2) is 5.63. The van der Waals surface area contributed by atoms with Crippen molar-refractivity contribution >= 4 is 11.9 Å². The van der Waals surface area contributed by atoms with Crippen LogP contribution in [0.15, 0.2) is 18.2 Å². The predicted molar refractivity (Wildman–Crippen MR) is 75.5 cm³/mol. The van der Waals surface area contributed by atoms with E-state index in [1.807, 2.05) is 0 Å². The highest BCUT2D eigenvalue weighted by atomic mass is 16.5. The highest BCUT2D eigenvalue weighted by Crippen LogP contribution is 2.32. The summed E-state index contributed by atoms with van der Waals surface area (Å²) in [6.45, 7) is 2.43. The van der Waals surface area contributed by atoms with E-state index in [2.05, 4.69) is 0 Å². The van der Waals surface area contributed by atoms with E-state index in [0.29, 0.717) is 31.7 Å². The number of hydrogen-bond donors (Lipinski definition) is 2. The fourth-order valence-electron chi connectivity index (χ4n) is 2.41. The topological polar surface area (TPSA) is 87.1 Å². The molecule has 6 heteroatoms. The zero-order valence-corrected chi connectivity index (χ0v) is 12.1. The number of nitrogens with zero attached hydrogens (tertiary/aromatic N) is 1. The van der Waals surface area contributed by atoms with Crippen LogP contribution in [0.5, 0.6) is 11.5 Å². The molecule has 1 aromatic rings. The van der Waals surface area contributed by atoms with Gasteiger partial charge in [0.15, 0.2) is 0 Å². The van der Waals surface area contributed by atoms with E-state index >= 15 is 0 Å². The fourth-order valence-corrected chi connectivity index (χ4v) is 2.41. The number of carboxylic acids is 1. The van der Waals surface area contributed by atoms with Crippen molar-refractivity contribution in [3.8, 4) is 11.5 Å². The number of ether oxygens (including phenoxy) is 1. The molecule has 0 saturated carbocycles. The molecule has 0 bridgehead atoms. The lowest BCUT2D eigenvalue weighted by molar-refractivity contribution is -0.150. The molecule has 1 heterocycles. The average molecular weight is 293 g/mol. The molecule has 2 N–H and O–H groups in total. The van der Waals surface area contributed by atoms with Crippen LogP contribution in [0.25, 0.3) is 0 Å². The lowest BCUT2D eigenvalue weighted by atomic mass is 9.80. The quantitative estimate of drug-likeness (QED) is 0.886. The number of benzene rings is 1. The van der Waals surface area contributed by atoms with Crippen molar-refractivity contribution in [3.63, 3.8) is 0 Å². The summed E-state index contributed by atoms with van der Waals surface area (Å²) in [5.74, 6) is -0.781. The highest BCUT2D eigenvalue weighted by molar-refractivity contribution is 5.97. The number of likely N-dealkylation sites (tertiary alicyclic amines) is 1. The van der Waals surface area contributed by atoms with Crippen molar-refractivity contribution in [3.05, 3.63) is 23.8 Å². The van der Waals surface area contributed by atoms with Gasteiger partial charge in [0.25, 0.3) is 5.91 Å². The predicted octanol–water partition coefficient (Wildman–Crippen LogP) is 1.73. The van der Waals surface area contributed by atoms with Gasteiger partial charge in [-0.15, -0.1) is 0 Å². The molecule has 1 amide bonds. The monoisotopic (exact) mass is 293 g/mol. The lowest BCUT2D eigenvalue weighted by Gasteiger charge is -2.36. The molecule has 21 heavy (non-hydrogen) atoms. The summed E-state index contributed by atoms with van der Waals surface area (Å²) in [5, 5.41) is 19.1. The minimum Gasteiger partial charge on any atom is -0.507 e. The van der Waals surface area contributed by atoms with Gasteiger partial charge >= 0.3 is 5.97 Å². The van der Waals surface area contributed by atoms with Gasteiger partial charge in [0.05, 0.1) is 18.1 Å². The normalized spacial score (nSPS) is 17.3. The van der Waals surface area contributed by atoms with E-state index in [0.717, 1.165) is 0 Å². The van der Waals surface area contributed by atoms with Gasteiger partial charge in [-0.3, -0.25) is 9.59 Å². The summed E-state index contributed by atoms with van der Waals surface area (Å²) in [6.07, 6.45) is 0.815. The van der Waals surface area contributed by atoms with Gasteiger partial charge in [-0.2, -0.15) is 0 Å². The molecule has 1 aliphatic rings. The molecule has 2 rings (SSSR count). The van der Waals surface area contributed by atoms with Gasteiger partial charge < -0.3 is 19.8 Å². The number of rotatable bonds is 3. The molecule has 0 unspecified atom stereocenters. The molecular weight excluding hydrogens is 274 g/mol. The van der Waals surface area contributed by atoms with E-state index in [1.165, 1.54) is 19.2 Å². The first kappa shape index (κ1) is 15.2. The maximum absolute atomic E-state index is 12.4. The minimum atomic E-state index is -0.832. The van der Waals surface area contributed by atoms with Gasteiger partial charge in [-0.05, 0) is 31.9 Å².